The van der Waals surface area contributed by atoms with Gasteiger partial charge in [-0.2, -0.15) is 13.2 Å². The lowest BCUT2D eigenvalue weighted by Gasteiger charge is -2.09. The molecular weight excluding hydrogens is 265 g/mol. The first-order valence-corrected chi connectivity index (χ1v) is 4.34. The van der Waals surface area contributed by atoms with Crippen LogP contribution in [0.5, 0.6) is 0 Å². The smallest absolute Gasteiger partial charge is 0.326 e. The summed E-state index contributed by atoms with van der Waals surface area (Å²) >= 11 is 2.71. The van der Waals surface area contributed by atoms with Gasteiger partial charge >= 0.3 is 6.18 Å². The Hall–Kier alpha value is -0.820. The molecule has 3 nitrogen and oxygen atoms in total. The van der Waals surface area contributed by atoms with Crippen molar-refractivity contribution >= 4 is 15.9 Å². The highest BCUT2D eigenvalue weighted by Crippen LogP contribution is 2.32. The molecule has 0 radical (unpaired) electrons. The van der Waals surface area contributed by atoms with Gasteiger partial charge in [-0.1, -0.05) is 0 Å². The highest BCUT2D eigenvalue weighted by Gasteiger charge is 2.34. The van der Waals surface area contributed by atoms with E-state index in [0.717, 1.165) is 6.07 Å². The van der Waals surface area contributed by atoms with Crippen molar-refractivity contribution in [3.8, 4) is 0 Å². The van der Waals surface area contributed by atoms with Crippen LogP contribution in [0, 0.1) is 0 Å². The topological polar surface area (TPSA) is 58.9 Å². The van der Waals surface area contributed by atoms with Gasteiger partial charge in [0.15, 0.2) is 0 Å². The molecule has 14 heavy (non-hydrogen) atoms. The van der Waals surface area contributed by atoms with E-state index in [1.54, 1.807) is 4.98 Å². The molecular formula is C7H6BrF3N2O. The second-order valence-electron chi connectivity index (χ2n) is 2.55. The van der Waals surface area contributed by atoms with Crippen LogP contribution in [0.2, 0.25) is 0 Å². The molecule has 0 saturated heterocycles. The number of halogens is 4. The van der Waals surface area contributed by atoms with Crippen molar-refractivity contribution in [2.45, 2.75) is 12.7 Å². The van der Waals surface area contributed by atoms with Crippen LogP contribution in [0.1, 0.15) is 11.3 Å². The molecule has 0 aromatic carbocycles. The minimum atomic E-state index is -4.58. The van der Waals surface area contributed by atoms with Gasteiger partial charge in [-0.15, -0.1) is 0 Å². The molecule has 0 bridgehead atoms. The summed E-state index contributed by atoms with van der Waals surface area (Å²) in [7, 11) is 0. The number of aromatic nitrogens is 1. The average Bonchev–Trinajstić information content (AvgIpc) is 2.06. The van der Waals surface area contributed by atoms with Crippen LogP contribution in [0.4, 0.5) is 13.2 Å². The summed E-state index contributed by atoms with van der Waals surface area (Å²) < 4.78 is 36.5. The van der Waals surface area contributed by atoms with E-state index < -0.39 is 17.4 Å². The van der Waals surface area contributed by atoms with Gasteiger partial charge in [-0.25, -0.2) is 0 Å². The summed E-state index contributed by atoms with van der Waals surface area (Å²) in [6, 6.07) is 1.07. The Kier molecular flexibility index (Phi) is 3.01. The molecule has 7 heteroatoms. The summed E-state index contributed by atoms with van der Waals surface area (Å²) in [5.74, 6) is 0. The highest BCUT2D eigenvalue weighted by atomic mass is 79.9. The first-order valence-electron chi connectivity index (χ1n) is 3.55. The van der Waals surface area contributed by atoms with E-state index in [4.69, 9.17) is 5.73 Å². The molecule has 0 aliphatic heterocycles. The number of alkyl halides is 3. The molecule has 78 valence electrons. The van der Waals surface area contributed by atoms with Crippen LogP contribution >= 0.6 is 15.9 Å². The van der Waals surface area contributed by atoms with E-state index in [2.05, 4.69) is 15.9 Å². The normalized spacial score (nSPS) is 11.8. The number of pyridine rings is 1. The third-order valence-corrected chi connectivity index (χ3v) is 2.20. The minimum absolute atomic E-state index is 0.102. The Morgan fingerprint density at radius 2 is 2.07 bits per heavy atom. The van der Waals surface area contributed by atoms with Crippen molar-refractivity contribution in [3.63, 3.8) is 0 Å². The third-order valence-electron chi connectivity index (χ3n) is 1.57. The second kappa shape index (κ2) is 3.74. The van der Waals surface area contributed by atoms with Crippen molar-refractivity contribution in [1.82, 2.24) is 4.98 Å². The number of hydrogen-bond donors (Lipinski definition) is 2. The standard InChI is InChI=1S/C7H6BrF3N2O/c8-4-1-3(2-12)6(14)13-5(4)7(9,10)11/h1H,2,12H2,(H,13,14). The zero-order valence-electron chi connectivity index (χ0n) is 6.78. The molecule has 0 unspecified atom stereocenters. The van der Waals surface area contributed by atoms with Crippen molar-refractivity contribution in [2.75, 3.05) is 0 Å². The number of hydrogen-bond acceptors (Lipinski definition) is 2. The van der Waals surface area contributed by atoms with Gasteiger partial charge in [0, 0.05) is 16.6 Å². The van der Waals surface area contributed by atoms with Gasteiger partial charge in [-0.3, -0.25) is 4.79 Å². The minimum Gasteiger partial charge on any atom is -0.326 e. The maximum absolute atomic E-state index is 12.2. The average molecular weight is 271 g/mol. The third kappa shape index (κ3) is 2.16. The van der Waals surface area contributed by atoms with E-state index in [1.807, 2.05) is 0 Å². The first kappa shape index (κ1) is 11.3. The summed E-state index contributed by atoms with van der Waals surface area (Å²) in [6.07, 6.45) is -4.58. The number of nitrogens with one attached hydrogen (secondary N) is 1. The van der Waals surface area contributed by atoms with E-state index >= 15 is 0 Å². The largest absolute Gasteiger partial charge is 0.432 e. The van der Waals surface area contributed by atoms with Crippen molar-refractivity contribution in [3.05, 3.63) is 32.2 Å². The lowest BCUT2D eigenvalue weighted by molar-refractivity contribution is -0.141. The maximum atomic E-state index is 12.2. The molecule has 3 N–H and O–H groups in total. The Morgan fingerprint density at radius 1 is 1.50 bits per heavy atom. The number of rotatable bonds is 1. The van der Waals surface area contributed by atoms with Crippen LogP contribution in [0.25, 0.3) is 0 Å². The molecule has 0 atom stereocenters. The van der Waals surface area contributed by atoms with Crippen LogP contribution in [0.15, 0.2) is 15.3 Å². The number of nitrogens with two attached hydrogens (primary N) is 1. The quantitative estimate of drug-likeness (QED) is 0.815. The van der Waals surface area contributed by atoms with Crippen molar-refractivity contribution in [2.24, 2.45) is 5.73 Å². The second-order valence-corrected chi connectivity index (χ2v) is 3.40. The van der Waals surface area contributed by atoms with E-state index in [0.29, 0.717) is 0 Å². The molecule has 0 spiro atoms. The summed E-state index contributed by atoms with van der Waals surface area (Å²) in [6.45, 7) is -0.105. The summed E-state index contributed by atoms with van der Waals surface area (Å²) in [4.78, 5) is 12.7. The molecule has 0 aliphatic rings. The fourth-order valence-electron chi connectivity index (χ4n) is 0.902. The summed E-state index contributed by atoms with van der Waals surface area (Å²) in [5, 5.41) is 0. The fourth-order valence-corrected chi connectivity index (χ4v) is 1.50. The number of H-pyrrole nitrogens is 1. The Balaban J connectivity index is 3.37. The van der Waals surface area contributed by atoms with E-state index in [-0.39, 0.29) is 16.6 Å². The van der Waals surface area contributed by atoms with Crippen LogP contribution in [0.3, 0.4) is 0 Å². The highest BCUT2D eigenvalue weighted by molar-refractivity contribution is 9.10. The summed E-state index contributed by atoms with van der Waals surface area (Å²) in [5.41, 5.74) is 3.34. The van der Waals surface area contributed by atoms with Gasteiger partial charge < -0.3 is 10.7 Å². The zero-order valence-corrected chi connectivity index (χ0v) is 8.37. The lowest BCUT2D eigenvalue weighted by atomic mass is 10.2. The van der Waals surface area contributed by atoms with E-state index in [1.165, 1.54) is 0 Å². The molecule has 1 aromatic heterocycles. The van der Waals surface area contributed by atoms with Gasteiger partial charge in [0.05, 0.1) is 0 Å². The predicted octanol–water partition coefficient (Wildman–Crippen LogP) is 1.61. The molecule has 0 amide bonds. The maximum Gasteiger partial charge on any atom is 0.432 e. The van der Waals surface area contributed by atoms with Crippen LogP contribution < -0.4 is 11.3 Å². The molecule has 0 fully saturated rings. The van der Waals surface area contributed by atoms with Gasteiger partial charge in [0.2, 0.25) is 0 Å². The lowest BCUT2D eigenvalue weighted by Crippen LogP contribution is -2.21. The van der Waals surface area contributed by atoms with Crippen molar-refractivity contribution in [1.29, 1.82) is 0 Å². The van der Waals surface area contributed by atoms with Gasteiger partial charge in [0.1, 0.15) is 5.69 Å². The van der Waals surface area contributed by atoms with Gasteiger partial charge in [-0.05, 0) is 22.0 Å². The zero-order chi connectivity index (χ0) is 10.9. The predicted molar refractivity (Wildman–Crippen MR) is 47.7 cm³/mol. The molecule has 0 aliphatic carbocycles. The Labute approximate surface area is 85.2 Å². The Bertz CT molecular complexity index is 399. The van der Waals surface area contributed by atoms with Crippen LogP contribution in [-0.4, -0.2) is 4.98 Å². The molecule has 1 heterocycles. The molecule has 1 rings (SSSR count). The SMILES string of the molecule is NCc1cc(Br)c(C(F)(F)F)[nH]c1=O. The molecule has 0 saturated carbocycles. The van der Waals surface area contributed by atoms with Crippen molar-refractivity contribution < 1.29 is 13.2 Å². The molecule has 1 aromatic rings. The van der Waals surface area contributed by atoms with Gasteiger partial charge in [0.25, 0.3) is 5.56 Å². The fraction of sp³-hybridized carbons (Fsp3) is 0.286. The van der Waals surface area contributed by atoms with E-state index in [9.17, 15) is 18.0 Å². The number of aromatic amines is 1. The monoisotopic (exact) mass is 270 g/mol. The first-order chi connectivity index (χ1) is 6.36. The Morgan fingerprint density at radius 3 is 2.50 bits per heavy atom. The van der Waals surface area contributed by atoms with Crippen LogP contribution in [-0.2, 0) is 12.7 Å².